The van der Waals surface area contributed by atoms with Crippen LogP contribution in [0.25, 0.3) is 0 Å². The Labute approximate surface area is 110 Å². The molecule has 1 aromatic rings. The Hall–Kier alpha value is -1.27. The lowest BCUT2D eigenvalue weighted by atomic mass is 10.1. The average molecular weight is 276 g/mol. The van der Waals surface area contributed by atoms with E-state index in [1.165, 1.54) is 18.2 Å². The minimum Gasteiger partial charge on any atom is -0.406 e. The second kappa shape index (κ2) is 7.35. The van der Waals surface area contributed by atoms with Crippen LogP contribution >= 0.6 is 0 Å². The number of ether oxygens (including phenoxy) is 1. The van der Waals surface area contributed by atoms with Gasteiger partial charge in [0.05, 0.1) is 6.17 Å². The lowest BCUT2D eigenvalue weighted by molar-refractivity contribution is -0.274. The molecule has 0 aliphatic rings. The molecular formula is C13H19F3N2O. The molecule has 0 saturated carbocycles. The average Bonchev–Trinajstić information content (AvgIpc) is 2.27. The van der Waals surface area contributed by atoms with E-state index in [1.54, 1.807) is 6.07 Å². The predicted molar refractivity (Wildman–Crippen MR) is 67.7 cm³/mol. The molecule has 6 heteroatoms. The first-order valence-corrected chi connectivity index (χ1v) is 6.24. The summed E-state index contributed by atoms with van der Waals surface area (Å²) in [6.45, 7) is 2.88. The van der Waals surface area contributed by atoms with Gasteiger partial charge in [-0.05, 0) is 30.7 Å². The Bertz CT molecular complexity index is 382. The van der Waals surface area contributed by atoms with E-state index in [2.05, 4.69) is 17.0 Å². The molecule has 0 spiro atoms. The lowest BCUT2D eigenvalue weighted by Crippen LogP contribution is -2.39. The molecule has 0 bridgehead atoms. The van der Waals surface area contributed by atoms with E-state index in [9.17, 15) is 13.2 Å². The normalized spacial score (nSPS) is 13.3. The van der Waals surface area contributed by atoms with Gasteiger partial charge in [-0.3, -0.25) is 0 Å². The smallest absolute Gasteiger partial charge is 0.406 e. The SMILES string of the molecule is CCCCN[C@H](N)Cc1cccc(OC(F)(F)F)c1. The van der Waals surface area contributed by atoms with Crippen molar-refractivity contribution in [3.8, 4) is 5.75 Å². The minimum atomic E-state index is -4.67. The van der Waals surface area contributed by atoms with Gasteiger partial charge in [0, 0.05) is 6.42 Å². The molecule has 108 valence electrons. The van der Waals surface area contributed by atoms with E-state index < -0.39 is 6.36 Å². The molecule has 19 heavy (non-hydrogen) atoms. The molecule has 1 rings (SSSR count). The number of rotatable bonds is 7. The Kier molecular flexibility index (Phi) is 6.11. The summed E-state index contributed by atoms with van der Waals surface area (Å²) in [5.74, 6) is -0.217. The van der Waals surface area contributed by atoms with E-state index >= 15 is 0 Å². The highest BCUT2D eigenvalue weighted by Gasteiger charge is 2.31. The molecule has 0 aliphatic carbocycles. The van der Waals surface area contributed by atoms with Crippen LogP contribution in [0.1, 0.15) is 25.3 Å². The van der Waals surface area contributed by atoms with Gasteiger partial charge < -0.3 is 15.8 Å². The quantitative estimate of drug-likeness (QED) is 0.594. The third-order valence-electron chi connectivity index (χ3n) is 2.52. The highest BCUT2D eigenvalue weighted by Crippen LogP contribution is 2.23. The van der Waals surface area contributed by atoms with Crippen LogP contribution in [-0.4, -0.2) is 19.1 Å². The number of alkyl halides is 3. The molecule has 0 aromatic heterocycles. The Morgan fingerprint density at radius 2 is 2.11 bits per heavy atom. The number of nitrogens with one attached hydrogen (secondary N) is 1. The number of benzene rings is 1. The minimum absolute atomic E-state index is 0.217. The van der Waals surface area contributed by atoms with Crippen LogP contribution in [0.3, 0.4) is 0 Å². The van der Waals surface area contributed by atoms with Gasteiger partial charge in [-0.25, -0.2) is 0 Å². The maximum absolute atomic E-state index is 12.1. The van der Waals surface area contributed by atoms with Crippen molar-refractivity contribution in [3.63, 3.8) is 0 Å². The second-order valence-electron chi connectivity index (χ2n) is 4.31. The van der Waals surface area contributed by atoms with Crippen molar-refractivity contribution < 1.29 is 17.9 Å². The first-order valence-electron chi connectivity index (χ1n) is 6.24. The third kappa shape index (κ3) is 7.03. The van der Waals surface area contributed by atoms with Crippen molar-refractivity contribution in [1.82, 2.24) is 5.32 Å². The summed E-state index contributed by atoms with van der Waals surface area (Å²) >= 11 is 0. The molecule has 0 unspecified atom stereocenters. The fourth-order valence-electron chi connectivity index (χ4n) is 1.66. The predicted octanol–water partition coefficient (Wildman–Crippen LogP) is 2.80. The fraction of sp³-hybridized carbons (Fsp3) is 0.538. The number of halogens is 3. The highest BCUT2D eigenvalue weighted by atomic mass is 19.4. The maximum atomic E-state index is 12.1. The summed E-state index contributed by atoms with van der Waals surface area (Å²) in [4.78, 5) is 0. The fourth-order valence-corrected chi connectivity index (χ4v) is 1.66. The Balaban J connectivity index is 2.52. The number of hydrogen-bond donors (Lipinski definition) is 2. The molecule has 0 aliphatic heterocycles. The van der Waals surface area contributed by atoms with Gasteiger partial charge >= 0.3 is 6.36 Å². The van der Waals surface area contributed by atoms with Crippen molar-refractivity contribution in [2.45, 2.75) is 38.7 Å². The van der Waals surface area contributed by atoms with E-state index in [0.717, 1.165) is 19.4 Å². The summed E-state index contributed by atoms with van der Waals surface area (Å²) in [7, 11) is 0. The summed E-state index contributed by atoms with van der Waals surface area (Å²) in [6.07, 6.45) is -2.40. The summed E-state index contributed by atoms with van der Waals surface area (Å²) in [5.41, 5.74) is 6.56. The van der Waals surface area contributed by atoms with E-state index in [0.29, 0.717) is 12.0 Å². The van der Waals surface area contributed by atoms with Crippen molar-refractivity contribution in [3.05, 3.63) is 29.8 Å². The van der Waals surface area contributed by atoms with E-state index in [4.69, 9.17) is 5.73 Å². The first kappa shape index (κ1) is 15.8. The van der Waals surface area contributed by atoms with E-state index in [1.807, 2.05) is 0 Å². The van der Waals surface area contributed by atoms with Crippen LogP contribution in [0, 0.1) is 0 Å². The summed E-state index contributed by atoms with van der Waals surface area (Å²) in [6, 6.07) is 5.88. The van der Waals surface area contributed by atoms with Crippen molar-refractivity contribution in [2.24, 2.45) is 5.73 Å². The van der Waals surface area contributed by atoms with Crippen LogP contribution in [0.15, 0.2) is 24.3 Å². The first-order chi connectivity index (χ1) is 8.90. The largest absolute Gasteiger partial charge is 0.573 e. The monoisotopic (exact) mass is 276 g/mol. The van der Waals surface area contributed by atoms with Gasteiger partial charge in [-0.15, -0.1) is 13.2 Å². The highest BCUT2D eigenvalue weighted by molar-refractivity contribution is 5.29. The maximum Gasteiger partial charge on any atom is 0.573 e. The molecule has 0 fully saturated rings. The molecule has 1 aromatic carbocycles. The topological polar surface area (TPSA) is 47.3 Å². The van der Waals surface area contributed by atoms with Gasteiger partial charge in [0.25, 0.3) is 0 Å². The van der Waals surface area contributed by atoms with Crippen LogP contribution in [-0.2, 0) is 6.42 Å². The van der Waals surface area contributed by atoms with Gasteiger partial charge in [0.15, 0.2) is 0 Å². The standard InChI is InChI=1S/C13H19F3N2O/c1-2-3-7-18-12(17)9-10-5-4-6-11(8-10)19-13(14,15)16/h4-6,8,12,18H,2-3,7,9,17H2,1H3/t12-/m0/s1. The lowest BCUT2D eigenvalue weighted by Gasteiger charge is -2.15. The molecule has 0 saturated heterocycles. The number of nitrogens with two attached hydrogens (primary N) is 1. The van der Waals surface area contributed by atoms with Gasteiger partial charge in [0.1, 0.15) is 5.75 Å². The molecule has 3 N–H and O–H groups in total. The third-order valence-corrected chi connectivity index (χ3v) is 2.52. The van der Waals surface area contributed by atoms with Gasteiger partial charge in [-0.1, -0.05) is 25.5 Å². The molecule has 0 heterocycles. The van der Waals surface area contributed by atoms with Crippen LogP contribution in [0.4, 0.5) is 13.2 Å². The van der Waals surface area contributed by atoms with Crippen LogP contribution in [0.2, 0.25) is 0 Å². The zero-order valence-electron chi connectivity index (χ0n) is 10.8. The van der Waals surface area contributed by atoms with Gasteiger partial charge in [-0.2, -0.15) is 0 Å². The van der Waals surface area contributed by atoms with E-state index in [-0.39, 0.29) is 11.9 Å². The zero-order chi connectivity index (χ0) is 14.3. The molecular weight excluding hydrogens is 257 g/mol. The number of unbranched alkanes of at least 4 members (excludes halogenated alkanes) is 1. The number of hydrogen-bond acceptors (Lipinski definition) is 3. The molecule has 0 radical (unpaired) electrons. The van der Waals surface area contributed by atoms with Crippen molar-refractivity contribution in [1.29, 1.82) is 0 Å². The van der Waals surface area contributed by atoms with Gasteiger partial charge in [0.2, 0.25) is 0 Å². The Morgan fingerprint density at radius 3 is 2.74 bits per heavy atom. The molecule has 3 nitrogen and oxygen atoms in total. The Morgan fingerprint density at radius 1 is 1.37 bits per heavy atom. The second-order valence-corrected chi connectivity index (χ2v) is 4.31. The zero-order valence-corrected chi connectivity index (χ0v) is 10.8. The molecule has 1 atom stereocenters. The van der Waals surface area contributed by atoms with Crippen molar-refractivity contribution in [2.75, 3.05) is 6.54 Å². The molecule has 0 amide bonds. The summed E-state index contributed by atoms with van der Waals surface area (Å²) < 4.78 is 40.1. The van der Waals surface area contributed by atoms with Crippen molar-refractivity contribution >= 4 is 0 Å². The van der Waals surface area contributed by atoms with Crippen LogP contribution in [0.5, 0.6) is 5.75 Å². The van der Waals surface area contributed by atoms with Crippen LogP contribution < -0.4 is 15.8 Å². The summed E-state index contributed by atoms with van der Waals surface area (Å²) in [5, 5.41) is 3.11.